The molecule has 140 valence electrons. The van der Waals surface area contributed by atoms with Crippen LogP contribution in [0.4, 0.5) is 4.39 Å². The first kappa shape index (κ1) is 20.0. The third kappa shape index (κ3) is 7.70. The largest absolute Gasteiger partial charge is 0.251 e. The van der Waals surface area contributed by atoms with Crippen LogP contribution < -0.4 is 0 Å². The highest BCUT2D eigenvalue weighted by Crippen LogP contribution is 2.37. The van der Waals surface area contributed by atoms with E-state index in [-0.39, 0.29) is 6.67 Å². The number of alkyl halides is 1. The Hall–Kier alpha value is -0.330. The van der Waals surface area contributed by atoms with Crippen molar-refractivity contribution < 1.29 is 4.39 Å². The highest BCUT2D eigenvalue weighted by molar-refractivity contribution is 4.91. The topological polar surface area (TPSA) is 0 Å². The Balaban J connectivity index is 1.53. The third-order valence-corrected chi connectivity index (χ3v) is 6.72. The van der Waals surface area contributed by atoms with Crippen LogP contribution in [0.15, 0.2) is 12.2 Å². The van der Waals surface area contributed by atoms with E-state index in [4.69, 9.17) is 0 Å². The van der Waals surface area contributed by atoms with Crippen molar-refractivity contribution in [2.45, 2.75) is 103 Å². The summed E-state index contributed by atoms with van der Waals surface area (Å²) >= 11 is 0. The fourth-order valence-electron chi connectivity index (χ4n) is 4.93. The van der Waals surface area contributed by atoms with Gasteiger partial charge in [-0.15, -0.1) is 0 Å². The van der Waals surface area contributed by atoms with Crippen LogP contribution in [-0.2, 0) is 0 Å². The summed E-state index contributed by atoms with van der Waals surface area (Å²) in [5.41, 5.74) is 0. The highest BCUT2D eigenvalue weighted by Gasteiger charge is 2.23. The minimum Gasteiger partial charge on any atom is -0.251 e. The van der Waals surface area contributed by atoms with Crippen LogP contribution >= 0.6 is 0 Å². The summed E-state index contributed by atoms with van der Waals surface area (Å²) in [7, 11) is 0. The molecule has 0 nitrogen and oxygen atoms in total. The quantitative estimate of drug-likeness (QED) is 0.281. The lowest BCUT2D eigenvalue weighted by molar-refractivity contribution is 0.220. The summed E-state index contributed by atoms with van der Waals surface area (Å²) in [6.07, 6.45) is 25.2. The van der Waals surface area contributed by atoms with Gasteiger partial charge in [0.2, 0.25) is 0 Å². The SMILES string of the molecule is CCCC[C@H]1CC[C@H](CCC2CCC(/C=C/CCCF)CC2)CC1. The first-order valence-corrected chi connectivity index (χ1v) is 11.0. The van der Waals surface area contributed by atoms with Crippen molar-refractivity contribution in [3.8, 4) is 0 Å². The van der Waals surface area contributed by atoms with E-state index in [0.717, 1.165) is 30.1 Å². The number of rotatable bonds is 10. The smallest absolute Gasteiger partial charge is 0.0897 e. The van der Waals surface area contributed by atoms with Crippen molar-refractivity contribution in [1.29, 1.82) is 0 Å². The van der Waals surface area contributed by atoms with E-state index in [1.54, 1.807) is 0 Å². The van der Waals surface area contributed by atoms with Crippen LogP contribution in [-0.4, -0.2) is 6.67 Å². The van der Waals surface area contributed by atoms with Gasteiger partial charge in [-0.05, 0) is 62.2 Å². The maximum absolute atomic E-state index is 12.1. The Labute approximate surface area is 150 Å². The molecule has 2 rings (SSSR count). The average molecular weight is 337 g/mol. The third-order valence-electron chi connectivity index (χ3n) is 6.72. The molecule has 2 fully saturated rings. The Kier molecular flexibility index (Phi) is 10.1. The van der Waals surface area contributed by atoms with Crippen molar-refractivity contribution in [3.63, 3.8) is 0 Å². The van der Waals surface area contributed by atoms with E-state index in [1.807, 2.05) is 0 Å². The molecule has 2 aliphatic rings. The number of hydrogen-bond donors (Lipinski definition) is 0. The predicted molar refractivity (Wildman–Crippen MR) is 104 cm³/mol. The molecule has 0 amide bonds. The van der Waals surface area contributed by atoms with Gasteiger partial charge in [-0.3, -0.25) is 4.39 Å². The van der Waals surface area contributed by atoms with Crippen molar-refractivity contribution >= 4 is 0 Å². The lowest BCUT2D eigenvalue weighted by Crippen LogP contribution is -2.17. The molecule has 2 aliphatic carbocycles. The molecule has 0 aliphatic heterocycles. The second-order valence-electron chi connectivity index (χ2n) is 8.65. The summed E-state index contributed by atoms with van der Waals surface area (Å²) in [6, 6.07) is 0. The molecule has 0 heterocycles. The van der Waals surface area contributed by atoms with Gasteiger partial charge in [0.1, 0.15) is 0 Å². The Morgan fingerprint density at radius 2 is 1.29 bits per heavy atom. The highest BCUT2D eigenvalue weighted by atomic mass is 19.1. The van der Waals surface area contributed by atoms with Crippen LogP contribution in [0.5, 0.6) is 0 Å². The Morgan fingerprint density at radius 1 is 0.750 bits per heavy atom. The molecule has 1 heteroatoms. The maximum atomic E-state index is 12.1. The van der Waals surface area contributed by atoms with Crippen LogP contribution in [0.2, 0.25) is 0 Å². The van der Waals surface area contributed by atoms with E-state index < -0.39 is 0 Å². The normalized spacial score (nSPS) is 31.6. The average Bonchev–Trinajstić information content (AvgIpc) is 2.64. The van der Waals surface area contributed by atoms with Gasteiger partial charge < -0.3 is 0 Å². The molecular formula is C23H41F. The van der Waals surface area contributed by atoms with Gasteiger partial charge in [-0.25, -0.2) is 0 Å². The lowest BCUT2D eigenvalue weighted by Gasteiger charge is -2.31. The molecular weight excluding hydrogens is 295 g/mol. The molecule has 0 aromatic heterocycles. The van der Waals surface area contributed by atoms with Gasteiger partial charge in [-0.2, -0.15) is 0 Å². The fourth-order valence-corrected chi connectivity index (χ4v) is 4.93. The van der Waals surface area contributed by atoms with Gasteiger partial charge in [0, 0.05) is 0 Å². The second kappa shape index (κ2) is 12.1. The minimum absolute atomic E-state index is 0.169. The molecule has 0 unspecified atom stereocenters. The Bertz CT molecular complexity index is 319. The number of allylic oxidation sites excluding steroid dienone is 2. The van der Waals surface area contributed by atoms with Gasteiger partial charge in [0.25, 0.3) is 0 Å². The summed E-state index contributed by atoms with van der Waals surface area (Å²) in [5.74, 6) is 3.88. The van der Waals surface area contributed by atoms with E-state index in [1.165, 1.54) is 83.5 Å². The van der Waals surface area contributed by atoms with E-state index >= 15 is 0 Å². The number of hydrogen-bond acceptors (Lipinski definition) is 0. The van der Waals surface area contributed by atoms with E-state index in [2.05, 4.69) is 19.1 Å². The van der Waals surface area contributed by atoms with Crippen LogP contribution in [0.1, 0.15) is 103 Å². The van der Waals surface area contributed by atoms with Gasteiger partial charge >= 0.3 is 0 Å². The molecule has 0 spiro atoms. The summed E-state index contributed by atoms with van der Waals surface area (Å²) in [5, 5.41) is 0. The number of unbranched alkanes of at least 4 members (excludes halogenated alkanes) is 2. The molecule has 24 heavy (non-hydrogen) atoms. The van der Waals surface area contributed by atoms with Crippen LogP contribution in [0.3, 0.4) is 0 Å². The molecule has 2 saturated carbocycles. The zero-order chi connectivity index (χ0) is 17.0. The fraction of sp³-hybridized carbons (Fsp3) is 0.913. The van der Waals surface area contributed by atoms with Gasteiger partial charge in [0.15, 0.2) is 0 Å². The molecule has 0 bridgehead atoms. The first-order chi connectivity index (χ1) is 11.8. The molecule has 0 N–H and O–H groups in total. The van der Waals surface area contributed by atoms with Crippen molar-refractivity contribution in [3.05, 3.63) is 12.2 Å². The van der Waals surface area contributed by atoms with Crippen LogP contribution in [0, 0.1) is 23.7 Å². The van der Waals surface area contributed by atoms with E-state index in [0.29, 0.717) is 6.42 Å². The summed E-state index contributed by atoms with van der Waals surface area (Å²) in [6.45, 7) is 2.15. The molecule has 0 aromatic rings. The Morgan fingerprint density at radius 3 is 1.83 bits per heavy atom. The molecule has 0 atom stereocenters. The molecule has 0 saturated heterocycles. The molecule has 0 aromatic carbocycles. The van der Waals surface area contributed by atoms with Gasteiger partial charge in [-0.1, -0.05) is 76.9 Å². The monoisotopic (exact) mass is 336 g/mol. The summed E-state index contributed by atoms with van der Waals surface area (Å²) < 4.78 is 12.1. The zero-order valence-corrected chi connectivity index (χ0v) is 16.2. The maximum Gasteiger partial charge on any atom is 0.0897 e. The number of halogens is 1. The molecule has 0 radical (unpaired) electrons. The standard InChI is InChI=1S/C23H41F/c1-2-3-7-20-9-13-22(14-10-20)17-18-23-15-11-21(12-16-23)8-5-4-6-19-24/h5,8,20-23H,2-4,6-7,9-19H2,1H3/b8-5+/t20-,21?,22-,23?. The van der Waals surface area contributed by atoms with Gasteiger partial charge in [0.05, 0.1) is 6.67 Å². The lowest BCUT2D eigenvalue weighted by atomic mass is 9.75. The van der Waals surface area contributed by atoms with Crippen molar-refractivity contribution in [1.82, 2.24) is 0 Å². The van der Waals surface area contributed by atoms with Crippen molar-refractivity contribution in [2.24, 2.45) is 23.7 Å². The zero-order valence-electron chi connectivity index (χ0n) is 16.2. The minimum atomic E-state index is -0.169. The first-order valence-electron chi connectivity index (χ1n) is 11.0. The second-order valence-corrected chi connectivity index (χ2v) is 8.65. The predicted octanol–water partition coefficient (Wildman–Crippen LogP) is 7.88. The van der Waals surface area contributed by atoms with Crippen LogP contribution in [0.25, 0.3) is 0 Å². The van der Waals surface area contributed by atoms with E-state index in [9.17, 15) is 4.39 Å². The van der Waals surface area contributed by atoms with Crippen molar-refractivity contribution in [2.75, 3.05) is 6.67 Å². The summed E-state index contributed by atoms with van der Waals surface area (Å²) in [4.78, 5) is 0.